The lowest BCUT2D eigenvalue weighted by Gasteiger charge is -2.33. The fourth-order valence-corrected chi connectivity index (χ4v) is 3.96. The third-order valence-corrected chi connectivity index (χ3v) is 5.61. The van der Waals surface area contributed by atoms with E-state index in [1.165, 1.54) is 11.1 Å². The van der Waals surface area contributed by atoms with Gasteiger partial charge in [0.05, 0.1) is 0 Å². The molecule has 140 valence electrons. The van der Waals surface area contributed by atoms with E-state index >= 15 is 0 Å². The van der Waals surface area contributed by atoms with E-state index in [1.54, 1.807) is 0 Å². The molecule has 5 heteroatoms. The van der Waals surface area contributed by atoms with Crippen molar-refractivity contribution in [3.05, 3.63) is 41.1 Å². The number of aryl methyl sites for hydroxylation is 2. The number of piperidine rings is 1. The summed E-state index contributed by atoms with van der Waals surface area (Å²) in [4.78, 5) is 2.37. The summed E-state index contributed by atoms with van der Waals surface area (Å²) in [5.41, 5.74) is 3.80. The summed E-state index contributed by atoms with van der Waals surface area (Å²) in [7, 11) is 0. The molecular formula is C21H30N4O. The molecule has 1 aromatic carbocycles. The zero-order valence-electron chi connectivity index (χ0n) is 16.1. The van der Waals surface area contributed by atoms with E-state index in [4.69, 9.17) is 4.74 Å². The number of nitrogens with zero attached hydrogens (tertiary/aromatic N) is 2. The van der Waals surface area contributed by atoms with Crippen LogP contribution in [0, 0.1) is 6.92 Å². The highest BCUT2D eigenvalue weighted by molar-refractivity contribution is 5.40. The molecule has 1 saturated heterocycles. The van der Waals surface area contributed by atoms with Crippen LogP contribution in [-0.2, 0) is 13.0 Å². The van der Waals surface area contributed by atoms with Crippen LogP contribution in [0.4, 0.5) is 5.82 Å². The van der Waals surface area contributed by atoms with Crippen molar-refractivity contribution >= 4 is 5.82 Å². The molecule has 1 aromatic heterocycles. The van der Waals surface area contributed by atoms with Crippen molar-refractivity contribution in [2.24, 2.45) is 0 Å². The molecule has 2 aliphatic heterocycles. The first-order chi connectivity index (χ1) is 12.5. The lowest BCUT2D eigenvalue weighted by Crippen LogP contribution is -2.42. The highest BCUT2D eigenvalue weighted by Crippen LogP contribution is 2.33. The number of aromatic amines is 1. The Balaban J connectivity index is 1.29. The number of H-pyrrole nitrogens is 1. The Kier molecular flexibility index (Phi) is 4.65. The minimum atomic E-state index is -0.0341. The average molecular weight is 354 g/mol. The summed E-state index contributed by atoms with van der Waals surface area (Å²) in [6.45, 7) is 9.45. The molecule has 0 spiro atoms. The van der Waals surface area contributed by atoms with Crippen LogP contribution in [0.25, 0.3) is 0 Å². The predicted molar refractivity (Wildman–Crippen MR) is 105 cm³/mol. The molecule has 0 saturated carbocycles. The number of rotatable bonds is 4. The number of hydrogen-bond acceptors (Lipinski definition) is 4. The summed E-state index contributed by atoms with van der Waals surface area (Å²) >= 11 is 0. The van der Waals surface area contributed by atoms with Gasteiger partial charge >= 0.3 is 0 Å². The third kappa shape index (κ3) is 3.88. The molecule has 0 unspecified atom stereocenters. The molecule has 2 aliphatic rings. The zero-order chi connectivity index (χ0) is 18.1. The fraction of sp³-hybridized carbons (Fsp3) is 0.571. The molecular weight excluding hydrogens is 324 g/mol. The summed E-state index contributed by atoms with van der Waals surface area (Å²) in [6, 6.07) is 9.38. The van der Waals surface area contributed by atoms with Gasteiger partial charge in [-0.25, -0.2) is 0 Å². The lowest BCUT2D eigenvalue weighted by molar-refractivity contribution is 0.0846. The summed E-state index contributed by atoms with van der Waals surface area (Å²) < 4.78 is 6.09. The molecule has 2 N–H and O–H groups in total. The van der Waals surface area contributed by atoms with Crippen molar-refractivity contribution in [1.82, 2.24) is 15.5 Å². The van der Waals surface area contributed by atoms with Gasteiger partial charge in [0.25, 0.3) is 0 Å². The first kappa shape index (κ1) is 17.4. The van der Waals surface area contributed by atoms with Crippen LogP contribution in [0.2, 0.25) is 0 Å². The highest BCUT2D eigenvalue weighted by Gasteiger charge is 2.26. The predicted octanol–water partition coefficient (Wildman–Crippen LogP) is 3.58. The van der Waals surface area contributed by atoms with Crippen molar-refractivity contribution < 1.29 is 4.74 Å². The van der Waals surface area contributed by atoms with E-state index in [2.05, 4.69) is 65.5 Å². The molecule has 0 atom stereocenters. The Labute approximate surface area is 156 Å². The van der Waals surface area contributed by atoms with Crippen LogP contribution in [0.5, 0.6) is 5.75 Å². The monoisotopic (exact) mass is 354 g/mol. The minimum Gasteiger partial charge on any atom is -0.488 e. The van der Waals surface area contributed by atoms with Crippen LogP contribution >= 0.6 is 0 Å². The number of benzene rings is 1. The maximum Gasteiger partial charge on any atom is 0.150 e. The molecule has 0 bridgehead atoms. The number of fused-ring (bicyclic) bond motifs is 1. The number of anilines is 1. The average Bonchev–Trinajstić information content (AvgIpc) is 3.06. The van der Waals surface area contributed by atoms with Gasteiger partial charge in [-0.3, -0.25) is 5.10 Å². The lowest BCUT2D eigenvalue weighted by atomic mass is 9.93. The van der Waals surface area contributed by atoms with Crippen LogP contribution in [0.1, 0.15) is 49.9 Å². The molecule has 5 nitrogen and oxygen atoms in total. The normalized spacial score (nSPS) is 19.9. The number of hydrogen-bond donors (Lipinski definition) is 2. The molecule has 0 radical (unpaired) electrons. The quantitative estimate of drug-likeness (QED) is 0.881. The third-order valence-electron chi connectivity index (χ3n) is 5.61. The van der Waals surface area contributed by atoms with E-state index in [0.717, 1.165) is 62.6 Å². The van der Waals surface area contributed by atoms with Gasteiger partial charge in [-0.15, -0.1) is 0 Å². The van der Waals surface area contributed by atoms with E-state index in [0.29, 0.717) is 6.04 Å². The second-order valence-electron chi connectivity index (χ2n) is 8.36. The molecule has 0 amide bonds. The van der Waals surface area contributed by atoms with Gasteiger partial charge in [0, 0.05) is 37.4 Å². The molecule has 3 heterocycles. The Bertz CT molecular complexity index is 759. The zero-order valence-corrected chi connectivity index (χ0v) is 16.1. The van der Waals surface area contributed by atoms with Gasteiger partial charge in [0.1, 0.15) is 11.4 Å². The number of ether oxygens (including phenoxy) is 1. The summed E-state index contributed by atoms with van der Waals surface area (Å²) in [6.07, 6.45) is 4.52. The van der Waals surface area contributed by atoms with Crippen LogP contribution < -0.4 is 15.0 Å². The Morgan fingerprint density at radius 1 is 1.27 bits per heavy atom. The van der Waals surface area contributed by atoms with Crippen molar-refractivity contribution in [2.75, 3.05) is 18.0 Å². The smallest absolute Gasteiger partial charge is 0.150 e. The standard InChI is InChI=1S/C21H30N4O/c1-15-12-20(24-23-15)25-10-7-18(8-11-25)22-14-16-4-5-19-17(13-16)6-9-21(2,3)26-19/h4-5,12-13,18,22H,6-11,14H2,1-3H3,(H,23,24). The molecule has 0 aliphatic carbocycles. The van der Waals surface area contributed by atoms with E-state index in [-0.39, 0.29) is 5.60 Å². The summed E-state index contributed by atoms with van der Waals surface area (Å²) in [5, 5.41) is 11.2. The van der Waals surface area contributed by atoms with Gasteiger partial charge in [0.15, 0.2) is 5.82 Å². The highest BCUT2D eigenvalue weighted by atomic mass is 16.5. The van der Waals surface area contributed by atoms with Crippen LogP contribution in [0.3, 0.4) is 0 Å². The van der Waals surface area contributed by atoms with Crippen LogP contribution in [-0.4, -0.2) is 34.9 Å². The molecule has 1 fully saturated rings. The first-order valence-electron chi connectivity index (χ1n) is 9.80. The molecule has 4 rings (SSSR count). The van der Waals surface area contributed by atoms with Gasteiger partial charge in [-0.1, -0.05) is 12.1 Å². The van der Waals surface area contributed by atoms with Gasteiger partial charge < -0.3 is 15.0 Å². The summed E-state index contributed by atoms with van der Waals surface area (Å²) in [5.74, 6) is 2.14. The minimum absolute atomic E-state index is 0.0341. The van der Waals surface area contributed by atoms with Crippen LogP contribution in [0.15, 0.2) is 24.3 Å². The largest absolute Gasteiger partial charge is 0.488 e. The Morgan fingerprint density at radius 3 is 2.81 bits per heavy atom. The van der Waals surface area contributed by atoms with Crippen molar-refractivity contribution in [1.29, 1.82) is 0 Å². The number of nitrogens with one attached hydrogen (secondary N) is 2. The van der Waals surface area contributed by atoms with Crippen molar-refractivity contribution in [3.8, 4) is 5.75 Å². The second-order valence-corrected chi connectivity index (χ2v) is 8.36. The van der Waals surface area contributed by atoms with Gasteiger partial charge in [-0.2, -0.15) is 5.10 Å². The molecule has 26 heavy (non-hydrogen) atoms. The van der Waals surface area contributed by atoms with E-state index in [1.807, 2.05) is 0 Å². The Hall–Kier alpha value is -2.01. The second kappa shape index (κ2) is 6.95. The van der Waals surface area contributed by atoms with Gasteiger partial charge in [-0.05, 0) is 63.6 Å². The number of aromatic nitrogens is 2. The maximum atomic E-state index is 6.09. The van der Waals surface area contributed by atoms with Crippen molar-refractivity contribution in [2.45, 2.75) is 64.6 Å². The van der Waals surface area contributed by atoms with E-state index in [9.17, 15) is 0 Å². The molecule has 2 aromatic rings. The van der Waals surface area contributed by atoms with E-state index < -0.39 is 0 Å². The SMILES string of the molecule is Cc1cc(N2CCC(NCc3ccc4c(c3)CCC(C)(C)O4)CC2)n[nH]1. The topological polar surface area (TPSA) is 53.2 Å². The van der Waals surface area contributed by atoms with Gasteiger partial charge in [0.2, 0.25) is 0 Å². The Morgan fingerprint density at radius 2 is 2.08 bits per heavy atom. The fourth-order valence-electron chi connectivity index (χ4n) is 3.96. The first-order valence-corrected chi connectivity index (χ1v) is 9.80. The van der Waals surface area contributed by atoms with Crippen molar-refractivity contribution in [3.63, 3.8) is 0 Å². The maximum absolute atomic E-state index is 6.09.